The summed E-state index contributed by atoms with van der Waals surface area (Å²) in [6.07, 6.45) is 2.12. The van der Waals surface area contributed by atoms with Crippen molar-refractivity contribution in [2.75, 3.05) is 19.6 Å². The number of quaternary nitrogens is 1. The first-order valence-corrected chi connectivity index (χ1v) is 8.10. The van der Waals surface area contributed by atoms with Crippen molar-refractivity contribution in [2.45, 2.75) is 53.2 Å². The second-order valence-corrected chi connectivity index (χ2v) is 6.43. The molecule has 0 spiro atoms. The number of aliphatic hydroxyl groups excluding tert-OH is 1. The van der Waals surface area contributed by atoms with E-state index in [1.165, 1.54) is 5.56 Å². The topological polar surface area (TPSA) is 20.2 Å². The van der Waals surface area contributed by atoms with Crippen molar-refractivity contribution < 1.29 is 9.59 Å². The fourth-order valence-corrected chi connectivity index (χ4v) is 3.04. The van der Waals surface area contributed by atoms with E-state index in [0.717, 1.165) is 43.5 Å². The fourth-order valence-electron chi connectivity index (χ4n) is 3.04. The Morgan fingerprint density at radius 1 is 1.00 bits per heavy atom. The largest absolute Gasteiger partial charge is 0.387 e. The van der Waals surface area contributed by atoms with Crippen molar-refractivity contribution in [2.24, 2.45) is 5.92 Å². The van der Waals surface area contributed by atoms with Crippen LogP contribution in [0.25, 0.3) is 0 Å². The standard InChI is InChI=1S/C18H32NO/c1-5-12-19(13-6-2,15-18(20)16(3)4)14-17-10-8-7-9-11-17/h7-11,16,18,20H,5-6,12-15H2,1-4H3/q+1/t18-/m0/s1. The average molecular weight is 278 g/mol. The first kappa shape index (κ1) is 17.2. The van der Waals surface area contributed by atoms with Gasteiger partial charge in [0.25, 0.3) is 0 Å². The Bertz CT molecular complexity index is 355. The third kappa shape index (κ3) is 5.26. The van der Waals surface area contributed by atoms with Gasteiger partial charge in [-0.25, -0.2) is 0 Å². The van der Waals surface area contributed by atoms with Crippen LogP contribution in [0.3, 0.4) is 0 Å². The number of hydrogen-bond donors (Lipinski definition) is 1. The van der Waals surface area contributed by atoms with Crippen LogP contribution in [0.1, 0.15) is 46.1 Å². The molecule has 0 amide bonds. The van der Waals surface area contributed by atoms with Crippen molar-refractivity contribution in [3.05, 3.63) is 35.9 Å². The maximum atomic E-state index is 10.4. The highest BCUT2D eigenvalue weighted by atomic mass is 16.3. The molecule has 0 radical (unpaired) electrons. The molecule has 0 saturated heterocycles. The smallest absolute Gasteiger partial charge is 0.105 e. The molecular formula is C18H32NO+. The third-order valence-electron chi connectivity index (χ3n) is 4.10. The van der Waals surface area contributed by atoms with E-state index in [-0.39, 0.29) is 6.10 Å². The summed E-state index contributed by atoms with van der Waals surface area (Å²) >= 11 is 0. The zero-order chi connectivity index (χ0) is 15.0. The normalized spacial score (nSPS) is 13.7. The van der Waals surface area contributed by atoms with Gasteiger partial charge in [-0.3, -0.25) is 0 Å². The van der Waals surface area contributed by atoms with Crippen LogP contribution in [0.5, 0.6) is 0 Å². The lowest BCUT2D eigenvalue weighted by Crippen LogP contribution is -2.53. The van der Waals surface area contributed by atoms with Gasteiger partial charge in [0.2, 0.25) is 0 Å². The molecule has 1 atom stereocenters. The lowest BCUT2D eigenvalue weighted by Gasteiger charge is -2.41. The van der Waals surface area contributed by atoms with E-state index in [9.17, 15) is 5.11 Å². The lowest BCUT2D eigenvalue weighted by atomic mass is 10.0. The summed E-state index contributed by atoms with van der Waals surface area (Å²) in [5.74, 6) is 0.331. The minimum atomic E-state index is -0.211. The van der Waals surface area contributed by atoms with Crippen molar-refractivity contribution in [3.8, 4) is 0 Å². The highest BCUT2D eigenvalue weighted by Crippen LogP contribution is 2.20. The zero-order valence-electron chi connectivity index (χ0n) is 13.7. The molecule has 1 N–H and O–H groups in total. The highest BCUT2D eigenvalue weighted by molar-refractivity contribution is 5.13. The predicted octanol–water partition coefficient (Wildman–Crippen LogP) is 3.84. The van der Waals surface area contributed by atoms with Gasteiger partial charge < -0.3 is 9.59 Å². The lowest BCUT2D eigenvalue weighted by molar-refractivity contribution is -0.944. The molecule has 2 heteroatoms. The Hall–Kier alpha value is -0.860. The molecule has 0 aliphatic rings. The van der Waals surface area contributed by atoms with Crippen LogP contribution in [-0.4, -0.2) is 35.3 Å². The zero-order valence-corrected chi connectivity index (χ0v) is 13.7. The number of benzene rings is 1. The highest BCUT2D eigenvalue weighted by Gasteiger charge is 2.30. The quantitative estimate of drug-likeness (QED) is 0.680. The number of nitrogens with zero attached hydrogens (tertiary/aromatic N) is 1. The van der Waals surface area contributed by atoms with Crippen molar-refractivity contribution in [1.82, 2.24) is 0 Å². The van der Waals surface area contributed by atoms with Gasteiger partial charge in [0.05, 0.1) is 13.1 Å². The van der Waals surface area contributed by atoms with Gasteiger partial charge in [-0.2, -0.15) is 0 Å². The molecule has 0 aromatic heterocycles. The molecular weight excluding hydrogens is 246 g/mol. The van der Waals surface area contributed by atoms with E-state index in [4.69, 9.17) is 0 Å². The molecule has 1 aromatic carbocycles. The molecule has 0 aliphatic carbocycles. The molecule has 2 nitrogen and oxygen atoms in total. The summed E-state index contributed by atoms with van der Waals surface area (Å²) < 4.78 is 1.01. The summed E-state index contributed by atoms with van der Waals surface area (Å²) in [6, 6.07) is 10.7. The molecule has 1 rings (SSSR count). The minimum Gasteiger partial charge on any atom is -0.387 e. The minimum absolute atomic E-state index is 0.211. The van der Waals surface area contributed by atoms with E-state index in [1.807, 2.05) is 0 Å². The SMILES string of the molecule is CCC[N+](CCC)(Cc1ccccc1)C[C@H](O)C(C)C. The van der Waals surface area contributed by atoms with Crippen LogP contribution < -0.4 is 0 Å². The summed E-state index contributed by atoms with van der Waals surface area (Å²) in [4.78, 5) is 0. The first-order chi connectivity index (χ1) is 9.53. The van der Waals surface area contributed by atoms with Gasteiger partial charge in [-0.15, -0.1) is 0 Å². The van der Waals surface area contributed by atoms with E-state index >= 15 is 0 Å². The van der Waals surface area contributed by atoms with Crippen LogP contribution in [0.2, 0.25) is 0 Å². The monoisotopic (exact) mass is 278 g/mol. The van der Waals surface area contributed by atoms with Crippen LogP contribution in [0.4, 0.5) is 0 Å². The van der Waals surface area contributed by atoms with Crippen LogP contribution in [0.15, 0.2) is 30.3 Å². The van der Waals surface area contributed by atoms with Crippen molar-refractivity contribution >= 4 is 0 Å². The molecule has 0 bridgehead atoms. The molecule has 20 heavy (non-hydrogen) atoms. The Labute approximate surface area is 125 Å². The van der Waals surface area contributed by atoms with E-state index in [0.29, 0.717) is 5.92 Å². The number of rotatable bonds is 9. The summed E-state index contributed by atoms with van der Waals surface area (Å²) in [6.45, 7) is 12.9. The predicted molar refractivity (Wildman–Crippen MR) is 86.4 cm³/mol. The molecule has 0 unspecified atom stereocenters. The molecule has 1 aromatic rings. The number of aliphatic hydroxyl groups is 1. The van der Waals surface area contributed by atoms with Gasteiger partial charge >= 0.3 is 0 Å². The molecule has 0 saturated carbocycles. The van der Waals surface area contributed by atoms with Gasteiger partial charge in [0.15, 0.2) is 0 Å². The summed E-state index contributed by atoms with van der Waals surface area (Å²) in [5.41, 5.74) is 1.38. The number of hydrogen-bond acceptors (Lipinski definition) is 1. The third-order valence-corrected chi connectivity index (χ3v) is 4.10. The molecule has 114 valence electrons. The van der Waals surface area contributed by atoms with Gasteiger partial charge in [-0.1, -0.05) is 58.0 Å². The van der Waals surface area contributed by atoms with Crippen LogP contribution in [0, 0.1) is 5.92 Å². The second kappa shape index (κ2) is 8.43. The maximum absolute atomic E-state index is 10.4. The first-order valence-electron chi connectivity index (χ1n) is 8.10. The fraction of sp³-hybridized carbons (Fsp3) is 0.667. The summed E-state index contributed by atoms with van der Waals surface area (Å²) in [5, 5.41) is 10.4. The van der Waals surface area contributed by atoms with Crippen molar-refractivity contribution in [3.63, 3.8) is 0 Å². The molecule has 0 heterocycles. The van der Waals surface area contributed by atoms with Crippen molar-refractivity contribution in [1.29, 1.82) is 0 Å². The Morgan fingerprint density at radius 2 is 1.55 bits per heavy atom. The Morgan fingerprint density at radius 3 is 2.00 bits per heavy atom. The van der Waals surface area contributed by atoms with Gasteiger partial charge in [0, 0.05) is 5.56 Å². The second-order valence-electron chi connectivity index (χ2n) is 6.43. The van der Waals surface area contributed by atoms with E-state index in [1.54, 1.807) is 0 Å². The Balaban J connectivity index is 2.91. The molecule has 0 fully saturated rings. The van der Waals surface area contributed by atoms with E-state index < -0.39 is 0 Å². The van der Waals surface area contributed by atoms with E-state index in [2.05, 4.69) is 58.0 Å². The molecule has 0 aliphatic heterocycles. The van der Waals surface area contributed by atoms with Gasteiger partial charge in [0.1, 0.15) is 19.2 Å². The maximum Gasteiger partial charge on any atom is 0.105 e. The summed E-state index contributed by atoms with van der Waals surface area (Å²) in [7, 11) is 0. The van der Waals surface area contributed by atoms with Gasteiger partial charge in [-0.05, 0) is 18.8 Å². The Kier molecular flexibility index (Phi) is 7.25. The van der Waals surface area contributed by atoms with Crippen LogP contribution in [-0.2, 0) is 6.54 Å². The van der Waals surface area contributed by atoms with Crippen LogP contribution >= 0.6 is 0 Å². The average Bonchev–Trinajstić information content (AvgIpc) is 2.40.